The Balaban J connectivity index is 1.91. The first-order valence-electron chi connectivity index (χ1n) is 5.86. The predicted octanol–water partition coefficient (Wildman–Crippen LogP) is 5.62. The van der Waals surface area contributed by atoms with Crippen LogP contribution < -0.4 is 5.32 Å². The number of rotatable bonds is 2. The number of carbonyl (C=O) groups excluding carboxylic acids is 1. The van der Waals surface area contributed by atoms with Gasteiger partial charge in [0.15, 0.2) is 5.13 Å². The highest BCUT2D eigenvalue weighted by atomic mass is 79.9. The maximum Gasteiger partial charge on any atom is 0.258 e. The highest BCUT2D eigenvalue weighted by Gasteiger charge is 2.14. The van der Waals surface area contributed by atoms with E-state index in [4.69, 9.17) is 23.2 Å². The summed E-state index contributed by atoms with van der Waals surface area (Å²) in [5.74, 6) is -0.300. The van der Waals surface area contributed by atoms with E-state index in [0.717, 1.165) is 10.2 Å². The Kier molecular flexibility index (Phi) is 4.17. The van der Waals surface area contributed by atoms with Crippen LogP contribution in [0, 0.1) is 0 Å². The molecule has 0 aliphatic carbocycles. The van der Waals surface area contributed by atoms with E-state index in [0.29, 0.717) is 25.2 Å². The van der Waals surface area contributed by atoms with Gasteiger partial charge in [-0.3, -0.25) is 10.1 Å². The number of benzene rings is 2. The van der Waals surface area contributed by atoms with Crippen molar-refractivity contribution in [3.8, 4) is 0 Å². The Hall–Kier alpha value is -1.14. The molecule has 106 valence electrons. The van der Waals surface area contributed by atoms with Crippen LogP contribution in [-0.2, 0) is 0 Å². The summed E-state index contributed by atoms with van der Waals surface area (Å²) in [6.45, 7) is 0. The molecular formula is C14H7BrCl2N2OS. The zero-order valence-electron chi connectivity index (χ0n) is 10.4. The van der Waals surface area contributed by atoms with Crippen LogP contribution >= 0.6 is 50.5 Å². The molecule has 3 nitrogen and oxygen atoms in total. The van der Waals surface area contributed by atoms with Crippen LogP contribution in [0.1, 0.15) is 10.4 Å². The summed E-state index contributed by atoms with van der Waals surface area (Å²) in [6, 6.07) is 10.6. The lowest BCUT2D eigenvalue weighted by molar-refractivity contribution is 0.102. The largest absolute Gasteiger partial charge is 0.298 e. The van der Waals surface area contributed by atoms with Crippen LogP contribution in [0.2, 0.25) is 10.0 Å². The van der Waals surface area contributed by atoms with E-state index in [1.807, 2.05) is 12.1 Å². The first-order valence-corrected chi connectivity index (χ1v) is 8.22. The number of nitrogens with zero attached hydrogens (tertiary/aromatic N) is 1. The first kappa shape index (κ1) is 14.8. The molecule has 2 aromatic carbocycles. The number of hydrogen-bond acceptors (Lipinski definition) is 3. The van der Waals surface area contributed by atoms with Crippen LogP contribution in [-0.4, -0.2) is 10.9 Å². The molecule has 0 aliphatic heterocycles. The third-order valence-corrected chi connectivity index (χ3v) is 5.23. The van der Waals surface area contributed by atoms with E-state index in [1.54, 1.807) is 24.3 Å². The van der Waals surface area contributed by atoms with Gasteiger partial charge in [-0.1, -0.05) is 40.6 Å². The fourth-order valence-corrected chi connectivity index (χ4v) is 3.51. The Bertz CT molecular complexity index is 850. The molecule has 0 fully saturated rings. The number of hydrogen-bond donors (Lipinski definition) is 1. The molecule has 0 saturated heterocycles. The van der Waals surface area contributed by atoms with E-state index < -0.39 is 0 Å². The lowest BCUT2D eigenvalue weighted by atomic mass is 10.2. The minimum Gasteiger partial charge on any atom is -0.298 e. The van der Waals surface area contributed by atoms with Gasteiger partial charge in [0.2, 0.25) is 0 Å². The maximum atomic E-state index is 12.3. The summed E-state index contributed by atoms with van der Waals surface area (Å²) in [6.07, 6.45) is 0. The topological polar surface area (TPSA) is 42.0 Å². The van der Waals surface area contributed by atoms with Crippen molar-refractivity contribution < 1.29 is 4.79 Å². The lowest BCUT2D eigenvalue weighted by Gasteiger charge is -2.05. The third kappa shape index (κ3) is 3.06. The molecule has 1 heterocycles. The Morgan fingerprint density at radius 1 is 1.24 bits per heavy atom. The number of anilines is 1. The normalized spacial score (nSPS) is 10.8. The second-order valence-corrected chi connectivity index (χ2v) is 6.89. The summed E-state index contributed by atoms with van der Waals surface area (Å²) in [5, 5.41) is 4.28. The lowest BCUT2D eigenvalue weighted by Crippen LogP contribution is -2.12. The third-order valence-electron chi connectivity index (χ3n) is 2.77. The highest BCUT2D eigenvalue weighted by molar-refractivity contribution is 9.10. The van der Waals surface area contributed by atoms with Gasteiger partial charge < -0.3 is 0 Å². The quantitative estimate of drug-likeness (QED) is 0.605. The number of carbonyl (C=O) groups is 1. The number of halogens is 3. The van der Waals surface area contributed by atoms with Gasteiger partial charge in [0.1, 0.15) is 0 Å². The van der Waals surface area contributed by atoms with Crippen LogP contribution in [0.3, 0.4) is 0 Å². The second-order valence-electron chi connectivity index (χ2n) is 4.19. The van der Waals surface area contributed by atoms with Crippen LogP contribution in [0.5, 0.6) is 0 Å². The molecule has 0 radical (unpaired) electrons. The molecule has 21 heavy (non-hydrogen) atoms. The molecule has 0 saturated carbocycles. The zero-order chi connectivity index (χ0) is 15.0. The molecule has 7 heteroatoms. The van der Waals surface area contributed by atoms with Crippen LogP contribution in [0.4, 0.5) is 5.13 Å². The van der Waals surface area contributed by atoms with Gasteiger partial charge in [-0.25, -0.2) is 4.98 Å². The Morgan fingerprint density at radius 2 is 2.05 bits per heavy atom. The molecule has 0 bridgehead atoms. The fourth-order valence-electron chi connectivity index (χ4n) is 1.80. The van der Waals surface area contributed by atoms with Crippen molar-refractivity contribution in [2.45, 2.75) is 0 Å². The number of nitrogens with one attached hydrogen (secondary N) is 1. The van der Waals surface area contributed by atoms with E-state index in [2.05, 4.69) is 26.2 Å². The van der Waals surface area contributed by atoms with Crippen molar-refractivity contribution in [1.29, 1.82) is 0 Å². The number of amides is 1. The minimum absolute atomic E-state index is 0.300. The van der Waals surface area contributed by atoms with Gasteiger partial charge in [0.25, 0.3) is 5.91 Å². The van der Waals surface area contributed by atoms with E-state index in [1.165, 1.54) is 11.3 Å². The van der Waals surface area contributed by atoms with Crippen LogP contribution in [0.15, 0.2) is 40.9 Å². The smallest absolute Gasteiger partial charge is 0.258 e. The summed E-state index contributed by atoms with van der Waals surface area (Å²) >= 11 is 16.7. The summed E-state index contributed by atoms with van der Waals surface area (Å²) in [4.78, 5) is 16.6. The summed E-state index contributed by atoms with van der Waals surface area (Å²) in [5.41, 5.74) is 1.18. The van der Waals surface area contributed by atoms with Crippen LogP contribution in [0.25, 0.3) is 10.2 Å². The van der Waals surface area contributed by atoms with Crippen molar-refractivity contribution in [2.24, 2.45) is 0 Å². The van der Waals surface area contributed by atoms with E-state index >= 15 is 0 Å². The zero-order valence-corrected chi connectivity index (χ0v) is 14.3. The van der Waals surface area contributed by atoms with Gasteiger partial charge >= 0.3 is 0 Å². The van der Waals surface area contributed by atoms with Gasteiger partial charge in [0.05, 0.1) is 20.8 Å². The van der Waals surface area contributed by atoms with Gasteiger partial charge in [-0.15, -0.1) is 0 Å². The molecule has 1 N–H and O–H groups in total. The molecule has 0 aliphatic rings. The van der Waals surface area contributed by atoms with Crippen molar-refractivity contribution >= 4 is 71.7 Å². The average Bonchev–Trinajstić information content (AvgIpc) is 2.83. The molecule has 0 spiro atoms. The number of fused-ring (bicyclic) bond motifs is 1. The molecule has 0 atom stereocenters. The van der Waals surface area contributed by atoms with Gasteiger partial charge in [-0.2, -0.15) is 0 Å². The van der Waals surface area contributed by atoms with Crippen molar-refractivity contribution in [3.05, 3.63) is 56.5 Å². The van der Waals surface area contributed by atoms with Crippen molar-refractivity contribution in [3.63, 3.8) is 0 Å². The minimum atomic E-state index is -0.300. The fraction of sp³-hybridized carbons (Fsp3) is 0. The van der Waals surface area contributed by atoms with Gasteiger partial charge in [-0.05, 0) is 46.3 Å². The molecule has 0 unspecified atom stereocenters. The second kappa shape index (κ2) is 5.93. The molecule has 3 aromatic rings. The monoisotopic (exact) mass is 400 g/mol. The molecule has 3 rings (SSSR count). The number of thiazole rings is 1. The number of aromatic nitrogens is 1. The highest BCUT2D eigenvalue weighted by Crippen LogP contribution is 2.30. The molecule has 1 aromatic heterocycles. The Morgan fingerprint density at radius 3 is 2.86 bits per heavy atom. The van der Waals surface area contributed by atoms with Gasteiger partial charge in [0, 0.05) is 9.50 Å². The SMILES string of the molecule is O=C(Nc1nc2ccc(Cl)cc2s1)c1cccc(Br)c1Cl. The van der Waals surface area contributed by atoms with Crippen molar-refractivity contribution in [2.75, 3.05) is 5.32 Å². The molecular weight excluding hydrogens is 395 g/mol. The Labute approximate surface area is 143 Å². The standard InChI is InChI=1S/C14H7BrCl2N2OS/c15-9-3-1-2-8(12(9)17)13(20)19-14-18-10-5-4-7(16)6-11(10)21-14/h1-6H,(H,18,19,20). The van der Waals surface area contributed by atoms with Crippen molar-refractivity contribution in [1.82, 2.24) is 4.98 Å². The molecule has 1 amide bonds. The maximum absolute atomic E-state index is 12.3. The summed E-state index contributed by atoms with van der Waals surface area (Å²) < 4.78 is 1.59. The first-order chi connectivity index (χ1) is 10.0. The average molecular weight is 402 g/mol. The predicted molar refractivity (Wildman–Crippen MR) is 91.7 cm³/mol. The summed E-state index contributed by atoms with van der Waals surface area (Å²) in [7, 11) is 0. The van der Waals surface area contributed by atoms with E-state index in [9.17, 15) is 4.79 Å². The van der Waals surface area contributed by atoms with E-state index in [-0.39, 0.29) is 5.91 Å².